The second kappa shape index (κ2) is 9.46. The van der Waals surface area contributed by atoms with Crippen LogP contribution in [0.25, 0.3) is 0 Å². The lowest BCUT2D eigenvalue weighted by molar-refractivity contribution is -0.384. The van der Waals surface area contributed by atoms with Gasteiger partial charge in [0.2, 0.25) is 0 Å². The fourth-order valence-corrected chi connectivity index (χ4v) is 4.49. The number of hydrogen-bond donors (Lipinski definition) is 1. The zero-order valence-electron chi connectivity index (χ0n) is 18.1. The summed E-state index contributed by atoms with van der Waals surface area (Å²) >= 11 is 1.40. The molecule has 4 rings (SSSR count). The standard InChI is InChI=1S/C23H25N5O3S/c1-16-3-5-17(6-4-16)13-19-15-24-23(32-19)25-22(29)18-7-8-20(21(14-18)28(30)31)27-11-9-26(2)10-12-27/h3-8,14-15H,9-13H2,1-2H3,(H,24,25,29). The number of hydrogen-bond acceptors (Lipinski definition) is 7. The van der Waals surface area contributed by atoms with Gasteiger partial charge < -0.3 is 9.80 Å². The Labute approximate surface area is 190 Å². The number of benzene rings is 2. The van der Waals surface area contributed by atoms with Crippen molar-refractivity contribution in [3.63, 3.8) is 0 Å². The molecule has 32 heavy (non-hydrogen) atoms. The zero-order chi connectivity index (χ0) is 22.7. The Morgan fingerprint density at radius 1 is 1.16 bits per heavy atom. The largest absolute Gasteiger partial charge is 0.363 e. The quantitative estimate of drug-likeness (QED) is 0.451. The lowest BCUT2D eigenvalue weighted by atomic mass is 10.1. The number of aromatic nitrogens is 1. The first-order chi connectivity index (χ1) is 15.4. The molecule has 3 aromatic rings. The Bertz CT molecular complexity index is 1120. The number of likely N-dealkylation sites (N-methyl/N-ethyl adjacent to an activating group) is 1. The Balaban J connectivity index is 1.46. The first kappa shape index (κ1) is 21.9. The third-order valence-corrected chi connectivity index (χ3v) is 6.46. The minimum atomic E-state index is -0.423. The summed E-state index contributed by atoms with van der Waals surface area (Å²) in [5.74, 6) is -0.408. The molecule has 1 saturated heterocycles. The molecular formula is C23H25N5O3S. The summed E-state index contributed by atoms with van der Waals surface area (Å²) in [6.07, 6.45) is 2.48. The number of carbonyl (C=O) groups is 1. The van der Waals surface area contributed by atoms with E-state index < -0.39 is 10.8 Å². The topological polar surface area (TPSA) is 91.6 Å². The number of piperazine rings is 1. The van der Waals surface area contributed by atoms with E-state index in [2.05, 4.69) is 39.5 Å². The monoisotopic (exact) mass is 451 g/mol. The highest BCUT2D eigenvalue weighted by atomic mass is 32.1. The highest BCUT2D eigenvalue weighted by molar-refractivity contribution is 7.15. The van der Waals surface area contributed by atoms with Crippen molar-refractivity contribution >= 4 is 33.8 Å². The Morgan fingerprint density at radius 3 is 2.56 bits per heavy atom. The van der Waals surface area contributed by atoms with Crippen LogP contribution in [0.4, 0.5) is 16.5 Å². The molecule has 0 bridgehead atoms. The van der Waals surface area contributed by atoms with Crippen molar-refractivity contribution in [1.82, 2.24) is 9.88 Å². The van der Waals surface area contributed by atoms with E-state index in [1.807, 2.05) is 18.9 Å². The van der Waals surface area contributed by atoms with Gasteiger partial charge in [0.1, 0.15) is 5.69 Å². The van der Waals surface area contributed by atoms with Gasteiger partial charge in [-0.15, -0.1) is 11.3 Å². The van der Waals surface area contributed by atoms with Crippen LogP contribution in [0.3, 0.4) is 0 Å². The first-order valence-corrected chi connectivity index (χ1v) is 11.2. The highest BCUT2D eigenvalue weighted by Crippen LogP contribution is 2.30. The number of aryl methyl sites for hydroxylation is 1. The molecule has 0 aliphatic carbocycles. The van der Waals surface area contributed by atoms with Crippen molar-refractivity contribution in [2.24, 2.45) is 0 Å². The van der Waals surface area contributed by atoms with E-state index in [-0.39, 0.29) is 11.3 Å². The molecule has 9 heteroatoms. The van der Waals surface area contributed by atoms with Crippen LogP contribution in [0, 0.1) is 17.0 Å². The van der Waals surface area contributed by atoms with Crippen molar-refractivity contribution in [3.05, 3.63) is 80.3 Å². The van der Waals surface area contributed by atoms with Gasteiger partial charge in [0, 0.05) is 55.3 Å². The molecule has 0 spiro atoms. The summed E-state index contributed by atoms with van der Waals surface area (Å²) in [4.78, 5) is 33.5. The number of thiazole rings is 1. The summed E-state index contributed by atoms with van der Waals surface area (Å²) in [5.41, 5.74) is 3.12. The predicted molar refractivity (Wildman–Crippen MR) is 127 cm³/mol. The van der Waals surface area contributed by atoms with Crippen LogP contribution in [0.15, 0.2) is 48.7 Å². The second-order valence-electron chi connectivity index (χ2n) is 8.00. The Kier molecular flexibility index (Phi) is 6.48. The molecule has 1 aliphatic heterocycles. The van der Waals surface area contributed by atoms with E-state index in [1.165, 1.54) is 28.5 Å². The Morgan fingerprint density at radius 2 is 1.88 bits per heavy atom. The summed E-state index contributed by atoms with van der Waals surface area (Å²) in [6.45, 7) is 5.16. The maximum absolute atomic E-state index is 12.7. The average molecular weight is 452 g/mol. The Hall–Kier alpha value is -3.30. The number of carbonyl (C=O) groups excluding carboxylic acids is 1. The van der Waals surface area contributed by atoms with Crippen LogP contribution in [-0.2, 0) is 6.42 Å². The third-order valence-electron chi connectivity index (χ3n) is 5.55. The number of amides is 1. The van der Waals surface area contributed by atoms with E-state index >= 15 is 0 Å². The van der Waals surface area contributed by atoms with Gasteiger partial charge in [0.25, 0.3) is 11.6 Å². The van der Waals surface area contributed by atoms with Crippen LogP contribution in [-0.4, -0.2) is 53.9 Å². The van der Waals surface area contributed by atoms with Crippen LogP contribution >= 0.6 is 11.3 Å². The molecular weight excluding hydrogens is 426 g/mol. The fourth-order valence-electron chi connectivity index (χ4n) is 3.65. The molecule has 2 aromatic carbocycles. The minimum absolute atomic E-state index is 0.0543. The number of nitrogens with one attached hydrogen (secondary N) is 1. The van der Waals surface area contributed by atoms with Crippen LogP contribution in [0.2, 0.25) is 0 Å². The molecule has 8 nitrogen and oxygen atoms in total. The van der Waals surface area contributed by atoms with Gasteiger partial charge in [0.15, 0.2) is 5.13 Å². The number of nitro benzene ring substituents is 1. The minimum Gasteiger partial charge on any atom is -0.363 e. The van der Waals surface area contributed by atoms with E-state index in [1.54, 1.807) is 18.3 Å². The normalized spacial score (nSPS) is 14.4. The highest BCUT2D eigenvalue weighted by Gasteiger charge is 2.24. The molecule has 1 aliphatic rings. The molecule has 1 fully saturated rings. The van der Waals surface area contributed by atoms with Crippen LogP contribution in [0.1, 0.15) is 26.4 Å². The number of nitrogens with zero attached hydrogens (tertiary/aromatic N) is 4. The molecule has 0 unspecified atom stereocenters. The zero-order valence-corrected chi connectivity index (χ0v) is 18.9. The lowest BCUT2D eigenvalue weighted by Crippen LogP contribution is -2.44. The van der Waals surface area contributed by atoms with Crippen molar-refractivity contribution in [2.45, 2.75) is 13.3 Å². The van der Waals surface area contributed by atoms with Gasteiger partial charge in [-0.25, -0.2) is 4.98 Å². The van der Waals surface area contributed by atoms with Gasteiger partial charge in [-0.2, -0.15) is 0 Å². The van der Waals surface area contributed by atoms with Crippen LogP contribution in [0.5, 0.6) is 0 Å². The van der Waals surface area contributed by atoms with Crippen molar-refractivity contribution in [1.29, 1.82) is 0 Å². The molecule has 2 heterocycles. The third kappa shape index (κ3) is 5.12. The number of rotatable bonds is 6. The van der Waals surface area contributed by atoms with Gasteiger partial charge in [-0.05, 0) is 31.7 Å². The molecule has 0 radical (unpaired) electrons. The summed E-state index contributed by atoms with van der Waals surface area (Å²) in [7, 11) is 2.03. The summed E-state index contributed by atoms with van der Waals surface area (Å²) in [5, 5.41) is 14.9. The molecule has 0 saturated carbocycles. The molecule has 1 N–H and O–H groups in total. The summed E-state index contributed by atoms with van der Waals surface area (Å²) < 4.78 is 0. The fraction of sp³-hybridized carbons (Fsp3) is 0.304. The van der Waals surface area contributed by atoms with Crippen LogP contribution < -0.4 is 10.2 Å². The second-order valence-corrected chi connectivity index (χ2v) is 9.11. The molecule has 166 valence electrons. The summed E-state index contributed by atoms with van der Waals surface area (Å²) in [6, 6.07) is 12.9. The average Bonchev–Trinajstić information content (AvgIpc) is 3.22. The van der Waals surface area contributed by atoms with Crippen molar-refractivity contribution < 1.29 is 9.72 Å². The smallest absolute Gasteiger partial charge is 0.293 e. The molecule has 0 atom stereocenters. The molecule has 1 aromatic heterocycles. The van der Waals surface area contributed by atoms with E-state index in [4.69, 9.17) is 0 Å². The van der Waals surface area contributed by atoms with E-state index in [0.717, 1.165) is 24.4 Å². The maximum atomic E-state index is 12.7. The first-order valence-electron chi connectivity index (χ1n) is 10.4. The van der Waals surface area contributed by atoms with E-state index in [0.29, 0.717) is 23.9 Å². The molecule has 1 amide bonds. The van der Waals surface area contributed by atoms with Crippen molar-refractivity contribution in [3.8, 4) is 0 Å². The van der Waals surface area contributed by atoms with Crippen molar-refractivity contribution in [2.75, 3.05) is 43.4 Å². The number of nitro groups is 1. The van der Waals surface area contributed by atoms with E-state index in [9.17, 15) is 14.9 Å². The van der Waals surface area contributed by atoms with Gasteiger partial charge in [-0.3, -0.25) is 20.2 Å². The van der Waals surface area contributed by atoms with Gasteiger partial charge >= 0.3 is 0 Å². The van der Waals surface area contributed by atoms with Gasteiger partial charge in [0.05, 0.1) is 4.92 Å². The SMILES string of the molecule is Cc1ccc(Cc2cnc(NC(=O)c3ccc(N4CCN(C)CC4)c([N+](=O)[O-])c3)s2)cc1. The number of anilines is 2. The van der Waals surface area contributed by atoms with Gasteiger partial charge in [-0.1, -0.05) is 29.8 Å². The predicted octanol–water partition coefficient (Wildman–Crippen LogP) is 3.95. The maximum Gasteiger partial charge on any atom is 0.293 e. The lowest BCUT2D eigenvalue weighted by Gasteiger charge is -2.33.